The number of nitrogens with one attached hydrogen (secondary N) is 1. The van der Waals surface area contributed by atoms with Crippen molar-refractivity contribution in [2.75, 3.05) is 48.0 Å². The van der Waals surface area contributed by atoms with E-state index in [2.05, 4.69) is 25.1 Å². The Morgan fingerprint density at radius 1 is 1.06 bits per heavy atom. The number of aromatic nitrogens is 4. The van der Waals surface area contributed by atoms with Gasteiger partial charge in [-0.3, -0.25) is 0 Å². The first kappa shape index (κ1) is 21.1. The van der Waals surface area contributed by atoms with Crippen LogP contribution in [0.2, 0.25) is 0 Å². The zero-order chi connectivity index (χ0) is 22.8. The summed E-state index contributed by atoms with van der Waals surface area (Å²) in [7, 11) is 0. The summed E-state index contributed by atoms with van der Waals surface area (Å²) in [6.07, 6.45) is 2.44. The van der Waals surface area contributed by atoms with Crippen LogP contribution in [-0.4, -0.2) is 58.8 Å². The number of nitrogens with two attached hydrogens (primary N) is 1. The van der Waals surface area contributed by atoms with E-state index in [1.54, 1.807) is 18.5 Å². The Hall–Kier alpha value is -3.79. The summed E-state index contributed by atoms with van der Waals surface area (Å²) in [5, 5.41) is 2.58. The topological polar surface area (TPSA) is 122 Å². The van der Waals surface area contributed by atoms with Crippen molar-refractivity contribution in [1.82, 2.24) is 19.9 Å². The van der Waals surface area contributed by atoms with Gasteiger partial charge < -0.3 is 25.6 Å². The molecule has 0 radical (unpaired) electrons. The summed E-state index contributed by atoms with van der Waals surface area (Å²) in [6, 6.07) is 8.79. The minimum atomic E-state index is -0.595. The number of benzene rings is 1. The predicted molar refractivity (Wildman–Crippen MR) is 125 cm³/mol. The van der Waals surface area contributed by atoms with Crippen LogP contribution >= 0.6 is 0 Å². The molecule has 1 fully saturated rings. The Morgan fingerprint density at radius 3 is 2.58 bits per heavy atom. The highest BCUT2D eigenvalue weighted by molar-refractivity contribution is 5.88. The molecule has 0 spiro atoms. The van der Waals surface area contributed by atoms with Gasteiger partial charge in [-0.05, 0) is 37.6 Å². The number of urea groups is 1. The highest BCUT2D eigenvalue weighted by atomic mass is 16.5. The van der Waals surface area contributed by atoms with Crippen molar-refractivity contribution >= 4 is 23.4 Å². The van der Waals surface area contributed by atoms with Gasteiger partial charge >= 0.3 is 6.03 Å². The molecule has 2 amide bonds. The van der Waals surface area contributed by atoms with Crippen molar-refractivity contribution in [2.24, 2.45) is 5.73 Å². The number of anilines is 3. The quantitative estimate of drug-likeness (QED) is 0.625. The first-order chi connectivity index (χ1) is 16.1. The molecular formula is C23H26N8O2. The summed E-state index contributed by atoms with van der Waals surface area (Å²) >= 11 is 0. The first-order valence-electron chi connectivity index (χ1n) is 11.0. The van der Waals surface area contributed by atoms with Crippen LogP contribution in [0.1, 0.15) is 17.0 Å². The Labute approximate surface area is 191 Å². The lowest BCUT2D eigenvalue weighted by Gasteiger charge is -2.34. The fourth-order valence-electron chi connectivity index (χ4n) is 4.23. The number of morpholine rings is 1. The standard InChI is InChI=1S/C23H26N8O2/c1-15-12-20(26-14-25-15)31-7-6-18-19(13-31)28-21(29-22(18)30-8-10-33-11-9-30)16-2-4-17(5-3-16)27-23(24)32/h2-5,12,14H,6-11,13H2,1H3,(H3,24,27,32). The minimum absolute atomic E-state index is 0.595. The van der Waals surface area contributed by atoms with Gasteiger partial charge in [0.15, 0.2) is 5.82 Å². The van der Waals surface area contributed by atoms with Crippen LogP contribution in [0.3, 0.4) is 0 Å². The second-order valence-corrected chi connectivity index (χ2v) is 8.15. The summed E-state index contributed by atoms with van der Waals surface area (Å²) in [6.45, 7) is 6.45. The molecule has 5 rings (SSSR count). The maximum Gasteiger partial charge on any atom is 0.316 e. The average molecular weight is 447 g/mol. The molecular weight excluding hydrogens is 420 g/mol. The molecule has 1 aromatic carbocycles. The zero-order valence-corrected chi connectivity index (χ0v) is 18.5. The number of fused-ring (bicyclic) bond motifs is 1. The van der Waals surface area contributed by atoms with E-state index in [0.717, 1.165) is 54.6 Å². The molecule has 0 saturated carbocycles. The summed E-state index contributed by atoms with van der Waals surface area (Å²) in [4.78, 5) is 34.3. The van der Waals surface area contributed by atoms with Crippen molar-refractivity contribution in [1.29, 1.82) is 0 Å². The molecule has 2 aliphatic heterocycles. The van der Waals surface area contributed by atoms with Crippen LogP contribution in [0.15, 0.2) is 36.7 Å². The third-order valence-electron chi connectivity index (χ3n) is 5.88. The van der Waals surface area contributed by atoms with Gasteiger partial charge in [0.1, 0.15) is 18.0 Å². The number of carbonyl (C=O) groups excluding carboxylic acids is 1. The summed E-state index contributed by atoms with van der Waals surface area (Å²) in [5.41, 5.74) is 9.85. The van der Waals surface area contributed by atoms with Gasteiger partial charge in [-0.25, -0.2) is 24.7 Å². The molecule has 170 valence electrons. The maximum atomic E-state index is 11.1. The number of hydrogen-bond donors (Lipinski definition) is 2. The lowest BCUT2D eigenvalue weighted by Crippen LogP contribution is -2.39. The number of rotatable bonds is 4. The molecule has 10 nitrogen and oxygen atoms in total. The molecule has 3 aromatic rings. The maximum absolute atomic E-state index is 11.1. The van der Waals surface area contributed by atoms with Crippen molar-refractivity contribution in [3.63, 3.8) is 0 Å². The number of amides is 2. The van der Waals surface area contributed by atoms with Gasteiger partial charge in [-0.2, -0.15) is 0 Å². The Kier molecular flexibility index (Phi) is 5.74. The normalized spacial score (nSPS) is 15.8. The molecule has 0 bridgehead atoms. The van der Waals surface area contributed by atoms with E-state index in [1.165, 1.54) is 5.56 Å². The fraction of sp³-hybridized carbons (Fsp3) is 0.348. The molecule has 10 heteroatoms. The third kappa shape index (κ3) is 4.56. The number of ether oxygens (including phenoxy) is 1. The van der Waals surface area contributed by atoms with E-state index >= 15 is 0 Å². The Balaban J connectivity index is 1.52. The molecule has 2 aliphatic rings. The SMILES string of the molecule is Cc1cc(N2CCc3c(nc(-c4ccc(NC(N)=O)cc4)nc3N3CCOCC3)C2)ncn1. The van der Waals surface area contributed by atoms with E-state index in [9.17, 15) is 4.79 Å². The van der Waals surface area contributed by atoms with Crippen molar-refractivity contribution in [3.05, 3.63) is 53.6 Å². The molecule has 0 atom stereocenters. The molecule has 1 saturated heterocycles. The lowest BCUT2D eigenvalue weighted by molar-refractivity contribution is 0.122. The number of aryl methyl sites for hydroxylation is 1. The van der Waals surface area contributed by atoms with Gasteiger partial charge in [0.2, 0.25) is 0 Å². The fourth-order valence-corrected chi connectivity index (χ4v) is 4.23. The van der Waals surface area contributed by atoms with Crippen molar-refractivity contribution in [2.45, 2.75) is 19.9 Å². The molecule has 33 heavy (non-hydrogen) atoms. The number of nitrogens with zero attached hydrogens (tertiary/aromatic N) is 6. The molecule has 0 aliphatic carbocycles. The van der Waals surface area contributed by atoms with E-state index in [0.29, 0.717) is 31.3 Å². The van der Waals surface area contributed by atoms with Crippen molar-refractivity contribution in [3.8, 4) is 11.4 Å². The van der Waals surface area contributed by atoms with E-state index in [-0.39, 0.29) is 0 Å². The monoisotopic (exact) mass is 446 g/mol. The van der Waals surface area contributed by atoms with Crippen LogP contribution in [-0.2, 0) is 17.7 Å². The summed E-state index contributed by atoms with van der Waals surface area (Å²) < 4.78 is 5.56. The third-order valence-corrected chi connectivity index (χ3v) is 5.88. The van der Waals surface area contributed by atoms with Crippen LogP contribution < -0.4 is 20.9 Å². The zero-order valence-electron chi connectivity index (χ0n) is 18.5. The van der Waals surface area contributed by atoms with Crippen LogP contribution in [0.5, 0.6) is 0 Å². The van der Waals surface area contributed by atoms with Gasteiger partial charge in [0.25, 0.3) is 0 Å². The number of primary amides is 1. The van der Waals surface area contributed by atoms with Crippen LogP contribution in [0.4, 0.5) is 22.1 Å². The van der Waals surface area contributed by atoms with Gasteiger partial charge in [-0.15, -0.1) is 0 Å². The van der Waals surface area contributed by atoms with Gasteiger partial charge in [0, 0.05) is 48.2 Å². The van der Waals surface area contributed by atoms with Gasteiger partial charge in [-0.1, -0.05) is 0 Å². The predicted octanol–water partition coefficient (Wildman–Crippen LogP) is 2.13. The molecule has 3 N–H and O–H groups in total. The second-order valence-electron chi connectivity index (χ2n) is 8.15. The van der Waals surface area contributed by atoms with E-state index in [4.69, 9.17) is 20.4 Å². The summed E-state index contributed by atoms with van der Waals surface area (Å²) in [5.74, 6) is 2.54. The van der Waals surface area contributed by atoms with E-state index < -0.39 is 6.03 Å². The average Bonchev–Trinajstić information content (AvgIpc) is 2.83. The lowest BCUT2D eigenvalue weighted by atomic mass is 10.0. The number of carbonyl (C=O) groups is 1. The van der Waals surface area contributed by atoms with E-state index in [1.807, 2.05) is 25.1 Å². The minimum Gasteiger partial charge on any atom is -0.378 e. The van der Waals surface area contributed by atoms with Crippen LogP contribution in [0, 0.1) is 6.92 Å². The highest BCUT2D eigenvalue weighted by Crippen LogP contribution is 2.31. The molecule has 0 unspecified atom stereocenters. The first-order valence-corrected chi connectivity index (χ1v) is 11.0. The Bertz CT molecular complexity index is 1160. The van der Waals surface area contributed by atoms with Crippen LogP contribution in [0.25, 0.3) is 11.4 Å². The molecule has 2 aromatic heterocycles. The van der Waals surface area contributed by atoms with Gasteiger partial charge in [0.05, 0.1) is 25.5 Å². The highest BCUT2D eigenvalue weighted by Gasteiger charge is 2.27. The molecule has 4 heterocycles. The Morgan fingerprint density at radius 2 is 1.85 bits per heavy atom. The number of hydrogen-bond acceptors (Lipinski definition) is 8. The largest absolute Gasteiger partial charge is 0.378 e. The smallest absolute Gasteiger partial charge is 0.316 e. The van der Waals surface area contributed by atoms with Crippen molar-refractivity contribution < 1.29 is 9.53 Å². The second kappa shape index (κ2) is 8.99.